The Labute approximate surface area is 158 Å². The normalized spacial score (nSPS) is 10.4. The van der Waals surface area contributed by atoms with Crippen molar-refractivity contribution in [2.75, 3.05) is 19.0 Å². The maximum Gasteiger partial charge on any atom is 0.224 e. The van der Waals surface area contributed by atoms with E-state index in [0.717, 1.165) is 22.8 Å². The lowest BCUT2D eigenvalue weighted by atomic mass is 10.2. The highest BCUT2D eigenvalue weighted by atomic mass is 16.5. The fourth-order valence-corrected chi connectivity index (χ4v) is 2.72. The Balaban J connectivity index is 1.57. The number of carbonyl (C=O) groups is 1. The predicted molar refractivity (Wildman–Crippen MR) is 105 cm³/mol. The number of carbonyl (C=O) groups excluding carboxylic acids is 1. The fraction of sp³-hybridized carbons (Fsp3) is 0.227. The average Bonchev–Trinajstić information content (AvgIpc) is 3.17. The van der Waals surface area contributed by atoms with Crippen LogP contribution in [0.1, 0.15) is 19.1 Å². The van der Waals surface area contributed by atoms with Gasteiger partial charge < -0.3 is 19.2 Å². The number of furan rings is 1. The lowest BCUT2D eigenvalue weighted by Crippen LogP contribution is -2.13. The minimum Gasteiger partial charge on any atom is -0.497 e. The molecule has 5 nitrogen and oxygen atoms in total. The first-order valence-corrected chi connectivity index (χ1v) is 8.94. The molecule has 27 heavy (non-hydrogen) atoms. The molecule has 140 valence electrons. The van der Waals surface area contributed by atoms with Gasteiger partial charge in [-0.05, 0) is 55.5 Å². The van der Waals surface area contributed by atoms with E-state index in [4.69, 9.17) is 13.9 Å². The van der Waals surface area contributed by atoms with Crippen molar-refractivity contribution in [2.24, 2.45) is 0 Å². The summed E-state index contributed by atoms with van der Waals surface area (Å²) in [4.78, 5) is 12.3. The zero-order chi connectivity index (χ0) is 19.1. The van der Waals surface area contributed by atoms with Gasteiger partial charge in [0.2, 0.25) is 5.91 Å². The minimum atomic E-state index is -0.0791. The van der Waals surface area contributed by atoms with Crippen molar-refractivity contribution in [1.82, 2.24) is 0 Å². The summed E-state index contributed by atoms with van der Waals surface area (Å²) >= 11 is 0. The molecule has 2 aromatic carbocycles. The van der Waals surface area contributed by atoms with E-state index in [1.165, 1.54) is 0 Å². The molecule has 0 atom stereocenters. The van der Waals surface area contributed by atoms with Crippen molar-refractivity contribution in [3.05, 3.63) is 66.4 Å². The molecule has 1 heterocycles. The molecule has 1 N–H and O–H groups in total. The highest BCUT2D eigenvalue weighted by molar-refractivity contribution is 5.92. The van der Waals surface area contributed by atoms with Gasteiger partial charge in [-0.3, -0.25) is 4.79 Å². The van der Waals surface area contributed by atoms with Crippen LogP contribution in [0.3, 0.4) is 0 Å². The van der Waals surface area contributed by atoms with E-state index in [9.17, 15) is 4.79 Å². The first-order valence-electron chi connectivity index (χ1n) is 8.94. The fourth-order valence-electron chi connectivity index (χ4n) is 2.72. The van der Waals surface area contributed by atoms with E-state index in [0.29, 0.717) is 30.9 Å². The van der Waals surface area contributed by atoms with Crippen molar-refractivity contribution in [3.63, 3.8) is 0 Å². The molecule has 1 amide bonds. The van der Waals surface area contributed by atoms with Gasteiger partial charge in [0.25, 0.3) is 0 Å². The molecule has 0 aliphatic heterocycles. The van der Waals surface area contributed by atoms with Gasteiger partial charge in [-0.1, -0.05) is 12.1 Å². The van der Waals surface area contributed by atoms with Crippen LogP contribution in [0, 0.1) is 0 Å². The Kier molecular flexibility index (Phi) is 6.15. The number of para-hydroxylation sites is 2. The topological polar surface area (TPSA) is 60.7 Å². The van der Waals surface area contributed by atoms with Crippen LogP contribution in [0.25, 0.3) is 11.3 Å². The second-order valence-electron chi connectivity index (χ2n) is 5.97. The monoisotopic (exact) mass is 365 g/mol. The molecule has 0 aliphatic carbocycles. The summed E-state index contributed by atoms with van der Waals surface area (Å²) in [7, 11) is 1.64. The molecule has 0 saturated heterocycles. The van der Waals surface area contributed by atoms with Crippen LogP contribution in [0.4, 0.5) is 5.69 Å². The van der Waals surface area contributed by atoms with Crippen LogP contribution in [0.5, 0.6) is 11.5 Å². The summed E-state index contributed by atoms with van der Waals surface area (Å²) in [5.74, 6) is 2.94. The number of methoxy groups -OCH3 is 1. The van der Waals surface area contributed by atoms with Gasteiger partial charge in [0, 0.05) is 18.4 Å². The van der Waals surface area contributed by atoms with E-state index in [2.05, 4.69) is 5.32 Å². The van der Waals surface area contributed by atoms with Gasteiger partial charge in [-0.2, -0.15) is 0 Å². The van der Waals surface area contributed by atoms with Gasteiger partial charge >= 0.3 is 0 Å². The second-order valence-corrected chi connectivity index (χ2v) is 5.97. The molecule has 0 saturated carbocycles. The van der Waals surface area contributed by atoms with E-state index >= 15 is 0 Å². The molecule has 0 unspecified atom stereocenters. The van der Waals surface area contributed by atoms with Crippen molar-refractivity contribution >= 4 is 11.6 Å². The lowest BCUT2D eigenvalue weighted by Gasteiger charge is -2.10. The van der Waals surface area contributed by atoms with Crippen molar-refractivity contribution in [3.8, 4) is 22.8 Å². The number of hydrogen-bond donors (Lipinski definition) is 1. The molecule has 0 aliphatic rings. The van der Waals surface area contributed by atoms with Crippen molar-refractivity contribution < 1.29 is 18.7 Å². The second kappa shape index (κ2) is 8.94. The zero-order valence-corrected chi connectivity index (χ0v) is 15.5. The summed E-state index contributed by atoms with van der Waals surface area (Å²) in [5, 5.41) is 2.90. The highest BCUT2D eigenvalue weighted by Gasteiger charge is 2.10. The molecule has 0 fully saturated rings. The van der Waals surface area contributed by atoms with Gasteiger partial charge in [-0.25, -0.2) is 0 Å². The highest BCUT2D eigenvalue weighted by Crippen LogP contribution is 2.26. The maximum absolute atomic E-state index is 12.3. The number of anilines is 1. The average molecular weight is 365 g/mol. The van der Waals surface area contributed by atoms with Gasteiger partial charge in [0.15, 0.2) is 0 Å². The van der Waals surface area contributed by atoms with Gasteiger partial charge in [0.05, 0.1) is 19.4 Å². The van der Waals surface area contributed by atoms with E-state index in [1.54, 1.807) is 7.11 Å². The zero-order valence-electron chi connectivity index (χ0n) is 15.5. The maximum atomic E-state index is 12.3. The first-order chi connectivity index (χ1) is 13.2. The lowest BCUT2D eigenvalue weighted by molar-refractivity contribution is -0.116. The number of rotatable bonds is 8. The van der Waals surface area contributed by atoms with Crippen LogP contribution in [0.15, 0.2) is 65.1 Å². The Morgan fingerprint density at radius 2 is 1.81 bits per heavy atom. The summed E-state index contributed by atoms with van der Waals surface area (Å²) in [6, 6.07) is 18.9. The summed E-state index contributed by atoms with van der Waals surface area (Å²) in [5.41, 5.74) is 1.65. The predicted octanol–water partition coefficient (Wildman–Crippen LogP) is 4.93. The van der Waals surface area contributed by atoms with Crippen molar-refractivity contribution in [1.29, 1.82) is 0 Å². The molecular formula is C22H23NO4. The third-order valence-electron chi connectivity index (χ3n) is 4.10. The van der Waals surface area contributed by atoms with E-state index in [1.807, 2.05) is 67.6 Å². The number of nitrogens with one attached hydrogen (secondary N) is 1. The summed E-state index contributed by atoms with van der Waals surface area (Å²) < 4.78 is 16.6. The number of ether oxygens (including phenoxy) is 2. The largest absolute Gasteiger partial charge is 0.497 e. The number of benzene rings is 2. The van der Waals surface area contributed by atoms with Crippen LogP contribution in [-0.4, -0.2) is 19.6 Å². The van der Waals surface area contributed by atoms with Crippen LogP contribution in [0.2, 0.25) is 0 Å². The molecule has 0 spiro atoms. The standard InChI is InChI=1S/C22H23NO4/c1-3-26-21-7-5-4-6-19(21)23-22(24)15-13-18-12-14-20(27-18)16-8-10-17(25-2)11-9-16/h4-12,14H,3,13,15H2,1-2H3,(H,23,24). The Morgan fingerprint density at radius 1 is 1.04 bits per heavy atom. The van der Waals surface area contributed by atoms with Crippen molar-refractivity contribution in [2.45, 2.75) is 19.8 Å². The molecule has 0 bridgehead atoms. The Bertz CT molecular complexity index is 883. The molecular weight excluding hydrogens is 342 g/mol. The number of hydrogen-bond acceptors (Lipinski definition) is 4. The SMILES string of the molecule is CCOc1ccccc1NC(=O)CCc1ccc(-c2ccc(OC)cc2)o1. The molecule has 5 heteroatoms. The number of amides is 1. The van der Waals surface area contributed by atoms with Crippen LogP contribution >= 0.6 is 0 Å². The van der Waals surface area contributed by atoms with Crippen LogP contribution in [-0.2, 0) is 11.2 Å². The molecule has 0 radical (unpaired) electrons. The molecule has 3 rings (SSSR count). The Hall–Kier alpha value is -3.21. The minimum absolute atomic E-state index is 0.0791. The summed E-state index contributed by atoms with van der Waals surface area (Å²) in [6.45, 7) is 2.46. The van der Waals surface area contributed by atoms with Crippen LogP contribution < -0.4 is 14.8 Å². The molecule has 1 aromatic heterocycles. The third kappa shape index (κ3) is 4.91. The third-order valence-corrected chi connectivity index (χ3v) is 4.10. The van der Waals surface area contributed by atoms with E-state index in [-0.39, 0.29) is 5.91 Å². The summed E-state index contributed by atoms with van der Waals surface area (Å²) in [6.07, 6.45) is 0.856. The van der Waals surface area contributed by atoms with E-state index < -0.39 is 0 Å². The van der Waals surface area contributed by atoms with Gasteiger partial charge in [-0.15, -0.1) is 0 Å². The smallest absolute Gasteiger partial charge is 0.224 e. The van der Waals surface area contributed by atoms with Gasteiger partial charge in [0.1, 0.15) is 23.0 Å². The molecule has 3 aromatic rings. The number of aryl methyl sites for hydroxylation is 1. The Morgan fingerprint density at radius 3 is 2.56 bits per heavy atom. The first kappa shape index (κ1) is 18.6. The quantitative estimate of drug-likeness (QED) is 0.615.